The van der Waals surface area contributed by atoms with Crippen LogP contribution in [0, 0.1) is 52.8 Å². The van der Waals surface area contributed by atoms with Crippen molar-refractivity contribution >= 4 is 54.3 Å². The van der Waals surface area contributed by atoms with Crippen LogP contribution in [0.3, 0.4) is 0 Å². The number of aliphatic carboxylic acids is 3. The summed E-state index contributed by atoms with van der Waals surface area (Å²) in [7, 11) is 0. The lowest BCUT2D eigenvalue weighted by Gasteiger charge is -2.01. The summed E-state index contributed by atoms with van der Waals surface area (Å²) < 4.78 is 82.9. The molecule has 0 heterocycles. The number of halogens is 6. The zero-order valence-electron chi connectivity index (χ0n) is 40.5. The van der Waals surface area contributed by atoms with Gasteiger partial charge in [0.1, 0.15) is 29.1 Å². The van der Waals surface area contributed by atoms with Crippen molar-refractivity contribution in [1.82, 2.24) is 0 Å². The molecule has 4 saturated carbocycles. The molecule has 9 rings (SSSR count). The molecule has 19 heteroatoms. The fourth-order valence-electron chi connectivity index (χ4n) is 7.39. The zero-order chi connectivity index (χ0) is 54.9. The molecule has 8 atom stereocenters. The fraction of sp³-hybridized carbons (Fsp3) is 0.321. The number of carbonyl (C=O) groups excluding carboxylic acids is 2. The number of benzene rings is 5. The molecule has 0 saturated heterocycles. The van der Waals surface area contributed by atoms with Crippen molar-refractivity contribution in [3.05, 3.63) is 190 Å². The molecule has 12 nitrogen and oxygen atoms in total. The van der Waals surface area contributed by atoms with E-state index in [9.17, 15) is 49.8 Å². The number of nitrogens with zero attached hydrogens (tertiary/aromatic N) is 2. The van der Waals surface area contributed by atoms with Crippen LogP contribution >= 0.6 is 12.1 Å². The number of esters is 2. The summed E-state index contributed by atoms with van der Waals surface area (Å²) in [6.07, 6.45) is 6.38. The van der Waals surface area contributed by atoms with E-state index < -0.39 is 23.9 Å². The zero-order valence-corrected chi connectivity index (χ0v) is 41.4. The second kappa shape index (κ2) is 32.6. The SMILES string of the molecule is C.C=Cc1cccc(F)c1.CCOC(=O)C1CC1c1cccc(F)c1.CCOC(=O)C=[N+]=[N-].CSF.O=C(O)C1CC1c1cccc(F)c1.O=C(O)[C@H]1C[C@@H]1c1cccc(F)c1.O=C(O)[C@H]1C[C@@H]1c1cccc(F)c1. The average molecular weight is 1070 g/mol. The normalized spacial score (nSPS) is 20.1. The summed E-state index contributed by atoms with van der Waals surface area (Å²) in [5.74, 6) is -5.25. The van der Waals surface area contributed by atoms with Crippen LogP contribution in [0.2, 0.25) is 0 Å². The lowest BCUT2D eigenvalue weighted by molar-refractivity contribution is -0.145. The van der Waals surface area contributed by atoms with Gasteiger partial charge in [0.15, 0.2) is 0 Å². The summed E-state index contributed by atoms with van der Waals surface area (Å²) in [5, 5.41) is 26.0. The first kappa shape index (κ1) is 63.6. The molecule has 0 aliphatic heterocycles. The first-order chi connectivity index (χ1) is 35.3. The topological polar surface area (TPSA) is 201 Å². The first-order valence-electron chi connectivity index (χ1n) is 23.1. The van der Waals surface area contributed by atoms with Gasteiger partial charge in [-0.2, -0.15) is 8.68 Å². The van der Waals surface area contributed by atoms with E-state index in [1.807, 2.05) is 6.07 Å². The number of carbonyl (C=O) groups is 5. The van der Waals surface area contributed by atoms with Gasteiger partial charge in [0.05, 0.1) is 36.9 Å². The molecule has 5 aromatic carbocycles. The highest BCUT2D eigenvalue weighted by molar-refractivity contribution is 7.93. The third-order valence-electron chi connectivity index (χ3n) is 11.3. The van der Waals surface area contributed by atoms with E-state index >= 15 is 0 Å². The number of rotatable bonds is 12. The molecule has 0 bridgehead atoms. The Kier molecular flexibility index (Phi) is 27.7. The van der Waals surface area contributed by atoms with Gasteiger partial charge in [-0.3, -0.25) is 19.2 Å². The first-order valence-corrected chi connectivity index (χ1v) is 24.2. The highest BCUT2D eigenvalue weighted by Crippen LogP contribution is 2.50. The molecule has 0 amide bonds. The second-order valence-corrected chi connectivity index (χ2v) is 17.0. The summed E-state index contributed by atoms with van der Waals surface area (Å²) in [4.78, 5) is 55.5. The van der Waals surface area contributed by atoms with Crippen molar-refractivity contribution in [2.75, 3.05) is 19.5 Å². The van der Waals surface area contributed by atoms with Crippen molar-refractivity contribution in [2.45, 2.75) is 70.6 Å². The van der Waals surface area contributed by atoms with Crippen LogP contribution in [0.25, 0.3) is 11.6 Å². The van der Waals surface area contributed by atoms with Crippen LogP contribution in [0.15, 0.2) is 128 Å². The van der Waals surface area contributed by atoms with Crippen LogP contribution in [-0.2, 0) is 33.4 Å². The monoisotopic (exact) mass is 1070 g/mol. The Labute approximate surface area is 436 Å². The van der Waals surface area contributed by atoms with Gasteiger partial charge in [0.2, 0.25) is 0 Å². The molecule has 0 spiro atoms. The Balaban J connectivity index is 0.000000307. The molecule has 5 aromatic rings. The van der Waals surface area contributed by atoms with Gasteiger partial charge < -0.3 is 30.3 Å². The van der Waals surface area contributed by atoms with Gasteiger partial charge in [0, 0.05) is 18.4 Å². The molecule has 75 heavy (non-hydrogen) atoms. The minimum atomic E-state index is -0.783. The largest absolute Gasteiger partial charge is 0.481 e. The molecule has 4 fully saturated rings. The van der Waals surface area contributed by atoms with Gasteiger partial charge in [0.25, 0.3) is 0 Å². The fourth-order valence-corrected chi connectivity index (χ4v) is 7.39. The van der Waals surface area contributed by atoms with Crippen LogP contribution in [0.1, 0.15) is 98.4 Å². The van der Waals surface area contributed by atoms with Crippen molar-refractivity contribution < 1.29 is 79.4 Å². The molecule has 4 unspecified atom stereocenters. The third-order valence-corrected chi connectivity index (χ3v) is 11.3. The molecule has 3 N–H and O–H groups in total. The molecule has 4 aliphatic carbocycles. The van der Waals surface area contributed by atoms with E-state index in [1.54, 1.807) is 74.5 Å². The number of hydrogen-bond donors (Lipinski definition) is 3. The lowest BCUT2D eigenvalue weighted by atomic mass is 10.1. The number of ether oxygens (including phenoxy) is 2. The average Bonchev–Trinajstić information content (AvgIpc) is 4.15. The standard InChI is InChI=1S/C12H13FO2.3C10H9FO2.C8H7F.C4H6N2O2.CH3FS.CH4/c1-2-15-12(14)11-7-10(11)8-4-3-5-9(13)6-8;3*11-7-3-1-2-6(4-7)8-5-9(8)10(12)13;1-2-7-4-3-5-8(9)6-7;1-2-8-4(7)3-6-5;1-3-2;/h3-6,10-11H,2,7H2,1H3;3*1-4,8-9H,5H2,(H,12,13);2-6H,1H2;3H,2H2,1H3;1H3;1H4/t;2*8-,9+;;;;;/m.11...../s1. The molecule has 402 valence electrons. The van der Waals surface area contributed by atoms with E-state index in [0.29, 0.717) is 38.7 Å². The van der Waals surface area contributed by atoms with Crippen molar-refractivity contribution in [1.29, 1.82) is 0 Å². The molecular weight excluding hydrogens is 1010 g/mol. The highest BCUT2D eigenvalue weighted by atomic mass is 32.2. The maximum atomic E-state index is 12.9. The Morgan fingerprint density at radius 2 is 0.867 bits per heavy atom. The molecule has 4 aliphatic rings. The van der Waals surface area contributed by atoms with Gasteiger partial charge in [-0.15, -0.1) is 0 Å². The summed E-state index contributed by atoms with van der Waals surface area (Å²) in [6, 6.07) is 31.2. The quantitative estimate of drug-likeness (QED) is 0.0353. The Hall–Kier alpha value is -7.50. The summed E-state index contributed by atoms with van der Waals surface area (Å²) >= 11 is 0.250. The van der Waals surface area contributed by atoms with Crippen LogP contribution in [0.5, 0.6) is 0 Å². The summed E-state index contributed by atoms with van der Waals surface area (Å²) in [6.45, 7) is 7.67. The minimum absolute atomic E-state index is 0. The maximum Gasteiger partial charge on any atom is 0.413 e. The minimum Gasteiger partial charge on any atom is -0.481 e. The number of carboxylic acid groups (broad SMARTS) is 3. The van der Waals surface area contributed by atoms with Gasteiger partial charge in [-0.25, -0.2) is 26.7 Å². The smallest absolute Gasteiger partial charge is 0.413 e. The van der Waals surface area contributed by atoms with Gasteiger partial charge in [-0.05, 0) is 152 Å². The van der Waals surface area contributed by atoms with Crippen molar-refractivity contribution in [2.24, 2.45) is 23.7 Å². The van der Waals surface area contributed by atoms with Crippen molar-refractivity contribution in [3.63, 3.8) is 0 Å². The van der Waals surface area contributed by atoms with Gasteiger partial charge >= 0.3 is 36.1 Å². The Bertz CT molecular complexity index is 2560. The van der Waals surface area contributed by atoms with E-state index in [-0.39, 0.29) is 102 Å². The molecule has 0 aromatic heterocycles. The Morgan fingerprint density at radius 1 is 0.573 bits per heavy atom. The highest BCUT2D eigenvalue weighted by Gasteiger charge is 2.46. The van der Waals surface area contributed by atoms with E-state index in [4.69, 9.17) is 25.6 Å². The van der Waals surface area contributed by atoms with Crippen LogP contribution in [-0.4, -0.2) is 75.6 Å². The lowest BCUT2D eigenvalue weighted by Crippen LogP contribution is -2.07. The van der Waals surface area contributed by atoms with Crippen LogP contribution in [0.4, 0.5) is 25.8 Å². The van der Waals surface area contributed by atoms with E-state index in [2.05, 4.69) is 16.1 Å². The number of carboxylic acids is 3. The summed E-state index contributed by atoms with van der Waals surface area (Å²) in [5.41, 5.74) is 11.8. The molecule has 0 radical (unpaired) electrons. The van der Waals surface area contributed by atoms with Crippen LogP contribution < -0.4 is 0 Å². The van der Waals surface area contributed by atoms with Gasteiger partial charge in [-0.1, -0.05) is 80.7 Å². The van der Waals surface area contributed by atoms with E-state index in [0.717, 1.165) is 34.2 Å². The maximum absolute atomic E-state index is 12.9. The molecular formula is C56H60F6N2O10S. The third kappa shape index (κ3) is 23.1. The second-order valence-electron chi connectivity index (χ2n) is 16.7. The number of hydrogen-bond acceptors (Lipinski definition) is 8. The predicted octanol–water partition coefficient (Wildman–Crippen LogP) is 12.7. The van der Waals surface area contributed by atoms with Crippen molar-refractivity contribution in [3.8, 4) is 0 Å². The predicted molar refractivity (Wildman–Crippen MR) is 273 cm³/mol. The Morgan fingerprint density at radius 3 is 1.11 bits per heavy atom. The van der Waals surface area contributed by atoms with E-state index in [1.165, 1.54) is 66.9 Å².